The Balaban J connectivity index is 2.36. The molecule has 1 aliphatic heterocycles. The summed E-state index contributed by atoms with van der Waals surface area (Å²) < 4.78 is 0. The molecule has 0 aromatic rings. The summed E-state index contributed by atoms with van der Waals surface area (Å²) in [4.78, 5) is 21.3. The average molecular weight is 198 g/mol. The number of carboxylic acids is 1. The highest BCUT2D eigenvalue weighted by Gasteiger charge is 2.25. The Morgan fingerprint density at radius 1 is 1.79 bits per heavy atom. The van der Waals surface area contributed by atoms with Gasteiger partial charge in [-0.25, -0.2) is 4.79 Å². The van der Waals surface area contributed by atoms with Gasteiger partial charge in [0.15, 0.2) is 0 Å². The topological polar surface area (TPSA) is 92.4 Å². The first-order valence-electron chi connectivity index (χ1n) is 4.54. The summed E-state index contributed by atoms with van der Waals surface area (Å²) in [6, 6.07) is -0.361. The smallest absolute Gasteiger partial charge is 0.328 e. The second-order valence-corrected chi connectivity index (χ2v) is 3.37. The van der Waals surface area contributed by atoms with E-state index in [-0.39, 0.29) is 17.9 Å². The Kier molecular flexibility index (Phi) is 3.64. The predicted octanol–water partition coefficient (Wildman–Crippen LogP) is -0.519. The Bertz CT molecular complexity index is 263. The molecule has 5 nitrogen and oxygen atoms in total. The second-order valence-electron chi connectivity index (χ2n) is 3.37. The van der Waals surface area contributed by atoms with Crippen LogP contribution in [0.1, 0.15) is 12.8 Å². The average Bonchev–Trinajstić information content (AvgIpc) is 2.49. The van der Waals surface area contributed by atoms with Crippen LogP contribution in [-0.2, 0) is 9.59 Å². The Morgan fingerprint density at radius 3 is 3.00 bits per heavy atom. The molecule has 1 unspecified atom stereocenters. The molecule has 0 aromatic heterocycles. The minimum Gasteiger partial charge on any atom is -0.478 e. The summed E-state index contributed by atoms with van der Waals surface area (Å²) in [6.07, 6.45) is 3.72. The van der Waals surface area contributed by atoms with Gasteiger partial charge in [-0.05, 0) is 12.8 Å². The van der Waals surface area contributed by atoms with Gasteiger partial charge in [0.1, 0.15) is 0 Å². The van der Waals surface area contributed by atoms with Gasteiger partial charge >= 0.3 is 5.97 Å². The zero-order valence-electron chi connectivity index (χ0n) is 7.77. The molecule has 78 valence electrons. The highest BCUT2D eigenvalue weighted by atomic mass is 16.4. The predicted molar refractivity (Wildman–Crippen MR) is 50.5 cm³/mol. The quantitative estimate of drug-likeness (QED) is 0.530. The molecule has 0 spiro atoms. The van der Waals surface area contributed by atoms with Gasteiger partial charge in [-0.1, -0.05) is 6.08 Å². The summed E-state index contributed by atoms with van der Waals surface area (Å²) in [5.41, 5.74) is 5.63. The van der Waals surface area contributed by atoms with Gasteiger partial charge in [0.2, 0.25) is 5.91 Å². The third-order valence-electron chi connectivity index (χ3n) is 2.21. The van der Waals surface area contributed by atoms with Crippen LogP contribution >= 0.6 is 0 Å². The number of carbonyl (C=O) groups is 2. The molecule has 1 heterocycles. The van der Waals surface area contributed by atoms with Gasteiger partial charge in [0, 0.05) is 24.6 Å². The summed E-state index contributed by atoms with van der Waals surface area (Å²) in [5.74, 6) is -1.07. The van der Waals surface area contributed by atoms with Crippen LogP contribution in [0.3, 0.4) is 0 Å². The van der Waals surface area contributed by atoms with Crippen LogP contribution in [-0.4, -0.2) is 29.6 Å². The molecular formula is C9H14N2O3. The van der Waals surface area contributed by atoms with Crippen molar-refractivity contribution in [1.29, 1.82) is 0 Å². The first kappa shape index (κ1) is 10.7. The normalized spacial score (nSPS) is 23.8. The van der Waals surface area contributed by atoms with E-state index in [4.69, 9.17) is 10.8 Å². The zero-order valence-corrected chi connectivity index (χ0v) is 7.77. The van der Waals surface area contributed by atoms with Crippen LogP contribution in [0.2, 0.25) is 0 Å². The van der Waals surface area contributed by atoms with E-state index in [1.165, 1.54) is 6.08 Å². The molecule has 0 aromatic carbocycles. The lowest BCUT2D eigenvalue weighted by Crippen LogP contribution is -2.26. The van der Waals surface area contributed by atoms with Gasteiger partial charge in [-0.3, -0.25) is 4.79 Å². The van der Waals surface area contributed by atoms with E-state index in [2.05, 4.69) is 5.32 Å². The number of hydrogen-bond donors (Lipinski definition) is 3. The Hall–Kier alpha value is -1.36. The maximum absolute atomic E-state index is 11.1. The van der Waals surface area contributed by atoms with Crippen LogP contribution in [0, 0.1) is 5.92 Å². The molecule has 2 atom stereocenters. The van der Waals surface area contributed by atoms with Gasteiger partial charge in [-0.15, -0.1) is 0 Å². The van der Waals surface area contributed by atoms with Gasteiger partial charge in [0.25, 0.3) is 0 Å². The first-order chi connectivity index (χ1) is 6.59. The maximum Gasteiger partial charge on any atom is 0.328 e. The molecular weight excluding hydrogens is 184 g/mol. The van der Waals surface area contributed by atoms with E-state index in [0.29, 0.717) is 13.0 Å². The van der Waals surface area contributed by atoms with Crippen molar-refractivity contribution in [2.75, 3.05) is 6.54 Å². The fraction of sp³-hybridized carbons (Fsp3) is 0.556. The molecule has 0 aliphatic carbocycles. The zero-order chi connectivity index (χ0) is 10.6. The molecule has 0 bridgehead atoms. The van der Waals surface area contributed by atoms with Crippen LogP contribution in [0.4, 0.5) is 0 Å². The highest BCUT2D eigenvalue weighted by molar-refractivity contribution is 5.81. The van der Waals surface area contributed by atoms with Crippen molar-refractivity contribution in [1.82, 2.24) is 5.32 Å². The van der Waals surface area contributed by atoms with Crippen molar-refractivity contribution in [3.8, 4) is 0 Å². The number of nitrogens with one attached hydrogen (secondary N) is 1. The van der Waals surface area contributed by atoms with E-state index >= 15 is 0 Å². The molecule has 1 amide bonds. The molecule has 0 radical (unpaired) electrons. The van der Waals surface area contributed by atoms with Gasteiger partial charge in [0.05, 0.1) is 0 Å². The lowest BCUT2D eigenvalue weighted by atomic mass is 9.99. The number of rotatable bonds is 4. The Morgan fingerprint density at radius 2 is 2.50 bits per heavy atom. The molecule has 1 saturated heterocycles. The van der Waals surface area contributed by atoms with Crippen molar-refractivity contribution in [2.45, 2.75) is 18.9 Å². The fourth-order valence-electron chi connectivity index (χ4n) is 1.48. The minimum atomic E-state index is -1.02. The molecule has 0 saturated carbocycles. The van der Waals surface area contributed by atoms with E-state index < -0.39 is 5.97 Å². The SMILES string of the molecule is NC(/C=C/C(=O)O)C[C@@H]1CCNC1=O. The molecule has 1 fully saturated rings. The highest BCUT2D eigenvalue weighted by Crippen LogP contribution is 2.15. The standard InChI is InChI=1S/C9H14N2O3/c10-7(1-2-8(12)13)5-6-3-4-11-9(6)14/h1-2,6-7H,3-5,10H2,(H,11,14)(H,12,13)/b2-1+/t6-,7?/m0/s1. The number of carboxylic acid groups (broad SMARTS) is 1. The van der Waals surface area contributed by atoms with E-state index in [9.17, 15) is 9.59 Å². The van der Waals surface area contributed by atoms with Gasteiger partial charge < -0.3 is 16.2 Å². The molecule has 1 aliphatic rings. The molecule has 14 heavy (non-hydrogen) atoms. The summed E-state index contributed by atoms with van der Waals surface area (Å²) >= 11 is 0. The lowest BCUT2D eigenvalue weighted by molar-refractivity contribution is -0.131. The van der Waals surface area contributed by atoms with Crippen molar-refractivity contribution in [3.05, 3.63) is 12.2 Å². The third-order valence-corrected chi connectivity index (χ3v) is 2.21. The fourth-order valence-corrected chi connectivity index (χ4v) is 1.48. The minimum absolute atomic E-state index is 0.0178. The van der Waals surface area contributed by atoms with Gasteiger partial charge in [-0.2, -0.15) is 0 Å². The number of aliphatic carboxylic acids is 1. The number of carbonyl (C=O) groups excluding carboxylic acids is 1. The van der Waals surface area contributed by atoms with Crippen molar-refractivity contribution in [3.63, 3.8) is 0 Å². The van der Waals surface area contributed by atoms with Crippen LogP contribution in [0.15, 0.2) is 12.2 Å². The summed E-state index contributed by atoms with van der Waals surface area (Å²) in [5, 5.41) is 11.1. The number of nitrogens with two attached hydrogens (primary N) is 1. The van der Waals surface area contributed by atoms with E-state index in [1.54, 1.807) is 0 Å². The van der Waals surface area contributed by atoms with Crippen LogP contribution in [0.5, 0.6) is 0 Å². The Labute approximate surface area is 82.0 Å². The largest absolute Gasteiger partial charge is 0.478 e. The van der Waals surface area contributed by atoms with Crippen molar-refractivity contribution in [2.24, 2.45) is 11.7 Å². The van der Waals surface area contributed by atoms with E-state index in [0.717, 1.165) is 12.5 Å². The van der Waals surface area contributed by atoms with Crippen molar-refractivity contribution >= 4 is 11.9 Å². The third kappa shape index (κ3) is 3.18. The summed E-state index contributed by atoms with van der Waals surface area (Å²) in [6.45, 7) is 0.693. The first-order valence-corrected chi connectivity index (χ1v) is 4.54. The van der Waals surface area contributed by atoms with Crippen molar-refractivity contribution < 1.29 is 14.7 Å². The second kappa shape index (κ2) is 4.76. The molecule has 5 heteroatoms. The summed E-state index contributed by atoms with van der Waals surface area (Å²) in [7, 11) is 0. The molecule has 4 N–H and O–H groups in total. The van der Waals surface area contributed by atoms with Crippen LogP contribution < -0.4 is 11.1 Å². The van der Waals surface area contributed by atoms with Crippen LogP contribution in [0.25, 0.3) is 0 Å². The maximum atomic E-state index is 11.1. The number of amides is 1. The van der Waals surface area contributed by atoms with E-state index in [1.807, 2.05) is 0 Å². The monoisotopic (exact) mass is 198 g/mol. The lowest BCUT2D eigenvalue weighted by Gasteiger charge is -2.09. The molecule has 1 rings (SSSR count). The number of hydrogen-bond acceptors (Lipinski definition) is 3.